The van der Waals surface area contributed by atoms with Crippen molar-refractivity contribution < 1.29 is 9.53 Å². The van der Waals surface area contributed by atoms with Gasteiger partial charge >= 0.3 is 6.09 Å². The highest BCUT2D eigenvalue weighted by atomic mass is 16.6. The summed E-state index contributed by atoms with van der Waals surface area (Å²) in [6, 6.07) is 24.2. The van der Waals surface area contributed by atoms with Gasteiger partial charge in [-0.1, -0.05) is 60.7 Å². The lowest BCUT2D eigenvalue weighted by Gasteiger charge is -2.32. The Labute approximate surface area is 153 Å². The third kappa shape index (κ3) is 3.33. The zero-order chi connectivity index (χ0) is 17.9. The number of amides is 1. The molecular weight excluding hydrogens is 322 g/mol. The summed E-state index contributed by atoms with van der Waals surface area (Å²) in [6.45, 7) is 2.63. The topological polar surface area (TPSA) is 29.5 Å². The number of rotatable bonds is 2. The van der Waals surface area contributed by atoms with Crippen LogP contribution in [0.15, 0.2) is 78.9 Å². The molecule has 3 nitrogen and oxygen atoms in total. The molecule has 1 heterocycles. The highest BCUT2D eigenvalue weighted by molar-refractivity contribution is 5.86. The van der Waals surface area contributed by atoms with Crippen LogP contribution in [0.5, 0.6) is 5.75 Å². The van der Waals surface area contributed by atoms with Gasteiger partial charge in [0.05, 0.1) is 0 Å². The quantitative estimate of drug-likeness (QED) is 0.613. The second-order valence-corrected chi connectivity index (χ2v) is 6.68. The van der Waals surface area contributed by atoms with Crippen LogP contribution < -0.4 is 4.74 Å². The zero-order valence-electron chi connectivity index (χ0n) is 14.8. The molecule has 3 heteroatoms. The predicted octanol–water partition coefficient (Wildman–Crippen LogP) is 5.52. The van der Waals surface area contributed by atoms with E-state index in [-0.39, 0.29) is 12.1 Å². The van der Waals surface area contributed by atoms with Crippen molar-refractivity contribution in [2.24, 2.45) is 0 Å². The third-order valence-corrected chi connectivity index (χ3v) is 4.88. The zero-order valence-corrected chi connectivity index (χ0v) is 14.8. The van der Waals surface area contributed by atoms with E-state index < -0.39 is 0 Å². The average Bonchev–Trinajstić information content (AvgIpc) is 2.68. The highest BCUT2D eigenvalue weighted by Gasteiger charge is 2.26. The van der Waals surface area contributed by atoms with Gasteiger partial charge in [0.1, 0.15) is 5.75 Å². The van der Waals surface area contributed by atoms with E-state index in [0.717, 1.165) is 6.42 Å². The van der Waals surface area contributed by atoms with Gasteiger partial charge in [0.25, 0.3) is 0 Å². The van der Waals surface area contributed by atoms with Crippen molar-refractivity contribution in [3.63, 3.8) is 0 Å². The molecule has 1 aliphatic rings. The fourth-order valence-corrected chi connectivity index (χ4v) is 3.43. The monoisotopic (exact) mass is 343 g/mol. The molecule has 0 aromatic heterocycles. The van der Waals surface area contributed by atoms with Gasteiger partial charge in [-0.3, -0.25) is 0 Å². The first-order chi connectivity index (χ1) is 12.7. The van der Waals surface area contributed by atoms with Gasteiger partial charge < -0.3 is 9.64 Å². The van der Waals surface area contributed by atoms with Crippen molar-refractivity contribution in [1.29, 1.82) is 0 Å². The summed E-state index contributed by atoms with van der Waals surface area (Å²) in [7, 11) is 0. The fourth-order valence-electron chi connectivity index (χ4n) is 3.43. The normalized spacial score (nSPS) is 17.0. The lowest BCUT2D eigenvalue weighted by atomic mass is 9.93. The van der Waals surface area contributed by atoms with Gasteiger partial charge in [-0.05, 0) is 53.5 Å². The van der Waals surface area contributed by atoms with Crippen LogP contribution in [-0.2, 0) is 0 Å². The molecule has 26 heavy (non-hydrogen) atoms. The summed E-state index contributed by atoms with van der Waals surface area (Å²) in [5, 5.41) is 2.48. The molecule has 130 valence electrons. The molecule has 0 radical (unpaired) electrons. The number of carbonyl (C=O) groups is 1. The molecule has 1 atom stereocenters. The molecule has 3 aromatic carbocycles. The van der Waals surface area contributed by atoms with E-state index in [0.29, 0.717) is 12.3 Å². The molecular formula is C23H21NO2. The predicted molar refractivity (Wildman–Crippen MR) is 105 cm³/mol. The van der Waals surface area contributed by atoms with Crippen LogP contribution in [-0.4, -0.2) is 23.6 Å². The minimum atomic E-state index is -0.294. The highest BCUT2D eigenvalue weighted by Crippen LogP contribution is 2.29. The summed E-state index contributed by atoms with van der Waals surface area (Å²) < 4.78 is 5.48. The standard InChI is InChI=1S/C23H21NO2/c1-17-15-21(20-12-11-18-7-5-6-8-19(18)16-20)13-14-24(17)23(25)26-22-9-3-2-4-10-22/h2-13,16-17H,14-15H2,1H3. The van der Waals surface area contributed by atoms with E-state index in [1.165, 1.54) is 21.9 Å². The molecule has 1 amide bonds. The number of nitrogens with zero attached hydrogens (tertiary/aromatic N) is 1. The smallest absolute Gasteiger partial charge is 0.410 e. The molecule has 1 unspecified atom stereocenters. The number of fused-ring (bicyclic) bond motifs is 1. The van der Waals surface area contributed by atoms with E-state index in [2.05, 4.69) is 55.5 Å². The molecule has 1 aliphatic heterocycles. The Morgan fingerprint density at radius 1 is 0.962 bits per heavy atom. The van der Waals surface area contributed by atoms with Gasteiger partial charge in [-0.25, -0.2) is 4.79 Å². The first-order valence-electron chi connectivity index (χ1n) is 8.92. The first-order valence-corrected chi connectivity index (χ1v) is 8.92. The minimum absolute atomic E-state index is 0.0951. The van der Waals surface area contributed by atoms with E-state index in [1.54, 1.807) is 17.0 Å². The van der Waals surface area contributed by atoms with Crippen LogP contribution in [0.4, 0.5) is 4.79 Å². The molecule has 4 rings (SSSR count). The largest absolute Gasteiger partial charge is 0.415 e. The second kappa shape index (κ2) is 7.04. The van der Waals surface area contributed by atoms with Gasteiger partial charge in [0.15, 0.2) is 0 Å². The van der Waals surface area contributed by atoms with Crippen molar-refractivity contribution >= 4 is 22.4 Å². The van der Waals surface area contributed by atoms with Gasteiger partial charge in [-0.2, -0.15) is 0 Å². The van der Waals surface area contributed by atoms with Crippen LogP contribution in [0.1, 0.15) is 18.9 Å². The number of carbonyl (C=O) groups excluding carboxylic acids is 1. The Bertz CT molecular complexity index is 962. The number of ether oxygens (including phenoxy) is 1. The maximum absolute atomic E-state index is 12.5. The van der Waals surface area contributed by atoms with Crippen molar-refractivity contribution in [2.45, 2.75) is 19.4 Å². The lowest BCUT2D eigenvalue weighted by molar-refractivity contribution is 0.140. The molecule has 0 saturated carbocycles. The Balaban J connectivity index is 1.51. The Kier molecular flexibility index (Phi) is 4.44. The number of hydrogen-bond donors (Lipinski definition) is 0. The Hall–Kier alpha value is -3.07. The SMILES string of the molecule is CC1CC(c2ccc3ccccc3c2)=CCN1C(=O)Oc1ccccc1. The van der Waals surface area contributed by atoms with Crippen molar-refractivity contribution in [1.82, 2.24) is 4.90 Å². The number of para-hydroxylation sites is 1. The summed E-state index contributed by atoms with van der Waals surface area (Å²) >= 11 is 0. The van der Waals surface area contributed by atoms with Crippen molar-refractivity contribution in [2.75, 3.05) is 6.54 Å². The van der Waals surface area contributed by atoms with Crippen LogP contribution >= 0.6 is 0 Å². The summed E-state index contributed by atoms with van der Waals surface area (Å²) in [5.74, 6) is 0.578. The van der Waals surface area contributed by atoms with E-state index in [1.807, 2.05) is 18.2 Å². The van der Waals surface area contributed by atoms with Crippen LogP contribution in [0.25, 0.3) is 16.3 Å². The van der Waals surface area contributed by atoms with Crippen LogP contribution in [0.2, 0.25) is 0 Å². The number of hydrogen-bond acceptors (Lipinski definition) is 2. The van der Waals surface area contributed by atoms with Gasteiger partial charge in [-0.15, -0.1) is 0 Å². The molecule has 0 saturated heterocycles. The summed E-state index contributed by atoms with van der Waals surface area (Å²) in [5.41, 5.74) is 2.51. The van der Waals surface area contributed by atoms with E-state index in [9.17, 15) is 4.79 Å². The molecule has 0 N–H and O–H groups in total. The molecule has 0 spiro atoms. The summed E-state index contributed by atoms with van der Waals surface area (Å²) in [4.78, 5) is 14.2. The molecule has 0 bridgehead atoms. The third-order valence-electron chi connectivity index (χ3n) is 4.88. The van der Waals surface area contributed by atoms with Crippen LogP contribution in [0, 0.1) is 0 Å². The molecule has 0 fully saturated rings. The van der Waals surface area contributed by atoms with Crippen molar-refractivity contribution in [3.05, 3.63) is 84.4 Å². The average molecular weight is 343 g/mol. The summed E-state index contributed by atoms with van der Waals surface area (Å²) in [6.07, 6.45) is 2.66. The maximum Gasteiger partial charge on any atom is 0.415 e. The Morgan fingerprint density at radius 3 is 2.46 bits per heavy atom. The van der Waals surface area contributed by atoms with E-state index in [4.69, 9.17) is 4.74 Å². The van der Waals surface area contributed by atoms with E-state index >= 15 is 0 Å². The maximum atomic E-state index is 12.5. The van der Waals surface area contributed by atoms with Crippen LogP contribution in [0.3, 0.4) is 0 Å². The number of benzene rings is 3. The van der Waals surface area contributed by atoms with Crippen molar-refractivity contribution in [3.8, 4) is 5.75 Å². The van der Waals surface area contributed by atoms with Gasteiger partial charge in [0, 0.05) is 12.6 Å². The van der Waals surface area contributed by atoms with Gasteiger partial charge in [0.2, 0.25) is 0 Å². The second-order valence-electron chi connectivity index (χ2n) is 6.68. The molecule has 0 aliphatic carbocycles. The lowest BCUT2D eigenvalue weighted by Crippen LogP contribution is -2.42. The fraction of sp³-hybridized carbons (Fsp3) is 0.174. The molecule has 3 aromatic rings. The Morgan fingerprint density at radius 2 is 1.69 bits per heavy atom. The first kappa shape index (κ1) is 16.4. The minimum Gasteiger partial charge on any atom is -0.410 e.